The molecule has 3 nitrogen and oxygen atoms in total. The minimum Gasteiger partial charge on any atom is -0.511 e. The number of hydrogen-bond acceptors (Lipinski definition) is 3. The predicted octanol–water partition coefficient (Wildman–Crippen LogP) is 3.76. The number of carbonyl (C=O) groups is 1. The summed E-state index contributed by atoms with van der Waals surface area (Å²) in [5.41, 5.74) is 4.56. The van der Waals surface area contributed by atoms with E-state index in [0.29, 0.717) is 5.57 Å². The maximum absolute atomic E-state index is 13.0. The van der Waals surface area contributed by atoms with Crippen LogP contribution in [-0.4, -0.2) is 21.5 Å². The summed E-state index contributed by atoms with van der Waals surface area (Å²) >= 11 is 3.54. The van der Waals surface area contributed by atoms with Crippen molar-refractivity contribution in [2.24, 2.45) is 11.8 Å². The minimum atomic E-state index is -0.762. The number of allylic oxidation sites excluding steroid dienone is 1. The van der Waals surface area contributed by atoms with Crippen LogP contribution in [-0.2, 0) is 9.53 Å². The lowest BCUT2D eigenvalue weighted by Crippen LogP contribution is -2.33. The van der Waals surface area contributed by atoms with Gasteiger partial charge in [0.15, 0.2) is 10.3 Å². The third-order valence-corrected chi connectivity index (χ3v) is 5.94. The van der Waals surface area contributed by atoms with Gasteiger partial charge in [-0.3, -0.25) is 4.79 Å². The normalized spacial score (nSPS) is 35.6. The summed E-state index contributed by atoms with van der Waals surface area (Å²) in [6.07, 6.45) is 3.59. The van der Waals surface area contributed by atoms with E-state index in [9.17, 15) is 9.90 Å². The smallest absolute Gasteiger partial charge is 0.174 e. The highest BCUT2D eigenvalue weighted by Crippen LogP contribution is 2.58. The van der Waals surface area contributed by atoms with Gasteiger partial charge in [-0.1, -0.05) is 23.8 Å². The van der Waals surface area contributed by atoms with Gasteiger partial charge in [0.2, 0.25) is 0 Å². The minimum absolute atomic E-state index is 0.0266. The molecule has 2 bridgehead atoms. The van der Waals surface area contributed by atoms with Crippen LogP contribution in [0.25, 0.3) is 5.57 Å². The number of alkyl halides is 1. The van der Waals surface area contributed by atoms with E-state index in [1.54, 1.807) is 0 Å². The lowest BCUT2D eigenvalue weighted by atomic mass is 9.83. The van der Waals surface area contributed by atoms with Gasteiger partial charge in [0.25, 0.3) is 0 Å². The summed E-state index contributed by atoms with van der Waals surface area (Å²) in [5, 5.41) is 10.8. The molecule has 4 heteroatoms. The van der Waals surface area contributed by atoms with Crippen LogP contribution in [0.4, 0.5) is 0 Å². The molecule has 0 saturated carbocycles. The van der Waals surface area contributed by atoms with Crippen molar-refractivity contribution < 1.29 is 14.6 Å². The van der Waals surface area contributed by atoms with Gasteiger partial charge in [-0.25, -0.2) is 0 Å². The SMILES string of the molecule is Cc1cc(C)c(C2=C(O)[C@H]3[C@@H]4C=C[C@@](Br)(O4)[C@H]3C2=O)c(C)c1. The molecular weight excluding hydrogens is 344 g/mol. The van der Waals surface area contributed by atoms with Crippen LogP contribution in [0, 0.1) is 32.6 Å². The van der Waals surface area contributed by atoms with E-state index >= 15 is 0 Å². The number of aliphatic hydroxyl groups is 1. The number of halogens is 1. The van der Waals surface area contributed by atoms with E-state index < -0.39 is 4.51 Å². The first-order chi connectivity index (χ1) is 10.3. The molecule has 4 rings (SSSR count). The van der Waals surface area contributed by atoms with E-state index in [4.69, 9.17) is 4.74 Å². The van der Waals surface area contributed by atoms with Crippen LogP contribution in [0.15, 0.2) is 30.0 Å². The number of benzene rings is 1. The molecule has 2 heterocycles. The fourth-order valence-corrected chi connectivity index (χ4v) is 5.11. The van der Waals surface area contributed by atoms with E-state index in [2.05, 4.69) is 28.1 Å². The number of aliphatic hydroxyl groups excluding tert-OH is 1. The van der Waals surface area contributed by atoms with Gasteiger partial charge in [-0.2, -0.15) is 0 Å². The highest BCUT2D eigenvalue weighted by molar-refractivity contribution is 9.10. The van der Waals surface area contributed by atoms with Crippen LogP contribution in [0.1, 0.15) is 22.3 Å². The number of aryl methyl sites for hydroxylation is 3. The quantitative estimate of drug-likeness (QED) is 0.612. The van der Waals surface area contributed by atoms with Crippen molar-refractivity contribution in [3.05, 3.63) is 52.3 Å². The van der Waals surface area contributed by atoms with Gasteiger partial charge in [0, 0.05) is 0 Å². The number of ether oxygens (including phenoxy) is 1. The molecule has 1 N–H and O–H groups in total. The van der Waals surface area contributed by atoms with Crippen molar-refractivity contribution >= 4 is 27.3 Å². The zero-order chi connectivity index (χ0) is 15.8. The van der Waals surface area contributed by atoms with E-state index in [0.717, 1.165) is 22.3 Å². The fraction of sp³-hybridized carbons (Fsp3) is 0.389. The number of Topliss-reactive ketones (excluding diaryl/α,β-unsaturated/α-hetero) is 1. The molecule has 0 spiro atoms. The number of rotatable bonds is 1. The lowest BCUT2D eigenvalue weighted by molar-refractivity contribution is -0.118. The second-order valence-electron chi connectivity index (χ2n) is 6.54. The van der Waals surface area contributed by atoms with Gasteiger partial charge < -0.3 is 9.84 Å². The Bertz CT molecular complexity index is 754. The number of ketones is 1. The van der Waals surface area contributed by atoms with Crippen molar-refractivity contribution in [3.63, 3.8) is 0 Å². The summed E-state index contributed by atoms with van der Waals surface area (Å²) < 4.78 is 5.06. The molecule has 1 saturated heterocycles. The average molecular weight is 361 g/mol. The first kappa shape index (κ1) is 14.2. The van der Waals surface area contributed by atoms with Crippen LogP contribution in [0.2, 0.25) is 0 Å². The number of fused-ring (bicyclic) bond motifs is 5. The molecule has 1 aromatic rings. The summed E-state index contributed by atoms with van der Waals surface area (Å²) in [7, 11) is 0. The van der Waals surface area contributed by atoms with Crippen LogP contribution in [0.5, 0.6) is 0 Å². The molecule has 0 aromatic heterocycles. The Labute approximate surface area is 137 Å². The molecule has 2 aliphatic heterocycles. The highest BCUT2D eigenvalue weighted by Gasteiger charge is 2.64. The van der Waals surface area contributed by atoms with Crippen molar-refractivity contribution in [1.82, 2.24) is 0 Å². The maximum Gasteiger partial charge on any atom is 0.174 e. The average Bonchev–Trinajstić information content (AvgIpc) is 3.01. The first-order valence-corrected chi connectivity index (χ1v) is 8.24. The van der Waals surface area contributed by atoms with E-state index in [1.807, 2.05) is 32.9 Å². The Hall–Kier alpha value is -1.39. The molecule has 114 valence electrons. The Balaban J connectivity index is 1.90. The van der Waals surface area contributed by atoms with Crippen LogP contribution < -0.4 is 0 Å². The van der Waals surface area contributed by atoms with Gasteiger partial charge in [0.05, 0.1) is 23.5 Å². The largest absolute Gasteiger partial charge is 0.511 e. The molecule has 22 heavy (non-hydrogen) atoms. The Kier molecular flexibility index (Phi) is 2.80. The summed E-state index contributed by atoms with van der Waals surface area (Å²) in [4.78, 5) is 13.0. The Morgan fingerprint density at radius 3 is 2.45 bits per heavy atom. The molecule has 1 aromatic carbocycles. The summed E-state index contributed by atoms with van der Waals surface area (Å²) in [6, 6.07) is 4.11. The molecule has 1 fully saturated rings. The number of hydrogen-bond donors (Lipinski definition) is 1. The number of carbonyl (C=O) groups excluding carboxylic acids is 1. The molecule has 1 aliphatic carbocycles. The second-order valence-corrected chi connectivity index (χ2v) is 7.78. The van der Waals surface area contributed by atoms with Gasteiger partial charge in [0.1, 0.15) is 5.76 Å². The first-order valence-electron chi connectivity index (χ1n) is 7.45. The fourth-order valence-electron chi connectivity index (χ4n) is 4.25. The van der Waals surface area contributed by atoms with Crippen molar-refractivity contribution in [3.8, 4) is 0 Å². The predicted molar refractivity (Wildman–Crippen MR) is 87.9 cm³/mol. The molecule has 0 amide bonds. The van der Waals surface area contributed by atoms with Gasteiger partial charge in [-0.15, -0.1) is 0 Å². The zero-order valence-corrected chi connectivity index (χ0v) is 14.3. The summed E-state index contributed by atoms with van der Waals surface area (Å²) in [6.45, 7) is 6.02. The van der Waals surface area contributed by atoms with E-state index in [1.165, 1.54) is 0 Å². The highest BCUT2D eigenvalue weighted by atomic mass is 79.9. The Morgan fingerprint density at radius 2 is 1.86 bits per heavy atom. The molecular formula is C18H17BrO3. The third-order valence-electron chi connectivity index (χ3n) is 4.99. The second kappa shape index (κ2) is 4.33. The summed E-state index contributed by atoms with van der Waals surface area (Å²) in [5.74, 6) is -0.494. The van der Waals surface area contributed by atoms with Gasteiger partial charge in [-0.05, 0) is 59.5 Å². The standard InChI is InChI=1S/C18H17BrO3/c1-8-6-9(2)12(10(3)7-8)14-16(20)13-11-4-5-18(19,22-11)15(13)17(14)21/h4-7,11,13,15,20H,1-3H3/t11-,13-,15+,18+/m0/s1. The molecule has 4 atom stereocenters. The van der Waals surface area contributed by atoms with Crippen molar-refractivity contribution in [2.75, 3.05) is 0 Å². The van der Waals surface area contributed by atoms with Crippen LogP contribution >= 0.6 is 15.9 Å². The van der Waals surface area contributed by atoms with Crippen molar-refractivity contribution in [2.45, 2.75) is 31.4 Å². The van der Waals surface area contributed by atoms with E-state index in [-0.39, 0.29) is 29.5 Å². The maximum atomic E-state index is 13.0. The molecule has 3 aliphatic rings. The zero-order valence-electron chi connectivity index (χ0n) is 12.7. The third kappa shape index (κ3) is 1.62. The molecule has 0 unspecified atom stereocenters. The van der Waals surface area contributed by atoms with Crippen molar-refractivity contribution in [1.29, 1.82) is 0 Å². The monoisotopic (exact) mass is 360 g/mol. The van der Waals surface area contributed by atoms with Gasteiger partial charge >= 0.3 is 0 Å². The lowest BCUT2D eigenvalue weighted by Gasteiger charge is -2.22. The molecule has 0 radical (unpaired) electrons. The van der Waals surface area contributed by atoms with Crippen LogP contribution in [0.3, 0.4) is 0 Å². The topological polar surface area (TPSA) is 46.5 Å². The Morgan fingerprint density at radius 1 is 1.23 bits per heavy atom.